The Morgan fingerprint density at radius 2 is 2.16 bits per heavy atom. The van der Waals surface area contributed by atoms with Crippen LogP contribution in [0.25, 0.3) is 0 Å². The van der Waals surface area contributed by atoms with Crippen molar-refractivity contribution in [2.45, 2.75) is 19.0 Å². The number of hydrogen-bond donors (Lipinski definition) is 2. The summed E-state index contributed by atoms with van der Waals surface area (Å²) in [5.41, 5.74) is 2.11. The zero-order valence-corrected chi connectivity index (χ0v) is 18.5. The smallest absolute Gasteiger partial charge is 0.250 e. The molecule has 1 aliphatic rings. The van der Waals surface area contributed by atoms with Crippen LogP contribution in [-0.2, 0) is 9.53 Å². The Morgan fingerprint density at radius 1 is 1.32 bits per heavy atom. The summed E-state index contributed by atoms with van der Waals surface area (Å²) >= 11 is 12.1. The number of carbonyl (C=O) groups excluding carboxylic acids is 1. The Morgan fingerprint density at radius 3 is 2.81 bits per heavy atom. The monoisotopic (exact) mass is 456 g/mol. The predicted molar refractivity (Wildman–Crippen MR) is 123 cm³/mol. The van der Waals surface area contributed by atoms with Crippen LogP contribution in [0.15, 0.2) is 59.1 Å². The van der Waals surface area contributed by atoms with E-state index in [4.69, 9.17) is 33.0 Å². The molecule has 3 heterocycles. The second-order valence-corrected chi connectivity index (χ2v) is 7.88. The van der Waals surface area contributed by atoms with Gasteiger partial charge < -0.3 is 24.7 Å². The zero-order chi connectivity index (χ0) is 22.0. The maximum absolute atomic E-state index is 11.8. The van der Waals surface area contributed by atoms with Crippen LogP contribution in [0, 0.1) is 6.92 Å². The third-order valence-corrected chi connectivity index (χ3v) is 5.56. The van der Waals surface area contributed by atoms with E-state index in [0.717, 1.165) is 22.9 Å². The molecule has 31 heavy (non-hydrogen) atoms. The minimum absolute atomic E-state index is 0.0517. The fourth-order valence-electron chi connectivity index (χ4n) is 3.61. The summed E-state index contributed by atoms with van der Waals surface area (Å²) in [6, 6.07) is 14.5. The van der Waals surface area contributed by atoms with Gasteiger partial charge in [-0.15, -0.1) is 0 Å². The second kappa shape index (κ2) is 9.05. The summed E-state index contributed by atoms with van der Waals surface area (Å²) in [4.78, 5) is 18.3. The number of aryl methyl sites for hydroxylation is 1. The fraction of sp³-hybridized carbons (Fsp3) is 0.227. The van der Waals surface area contributed by atoms with Crippen molar-refractivity contribution in [3.63, 3.8) is 0 Å². The number of thiocarbonyl (C=S) groups is 1. The van der Waals surface area contributed by atoms with Gasteiger partial charge in [0.25, 0.3) is 0 Å². The van der Waals surface area contributed by atoms with Crippen molar-refractivity contribution in [2.75, 3.05) is 23.9 Å². The summed E-state index contributed by atoms with van der Waals surface area (Å²) in [7, 11) is 1.46. The lowest BCUT2D eigenvalue weighted by molar-refractivity contribution is -0.119. The number of carbonyl (C=O) groups is 1. The molecular weight excluding hydrogens is 436 g/mol. The summed E-state index contributed by atoms with van der Waals surface area (Å²) < 4.78 is 10.8. The van der Waals surface area contributed by atoms with Crippen LogP contribution in [0.2, 0.25) is 5.02 Å². The maximum Gasteiger partial charge on any atom is 0.250 e. The van der Waals surface area contributed by atoms with E-state index in [0.29, 0.717) is 15.8 Å². The minimum Gasteiger partial charge on any atom is -0.464 e. The first-order valence-electron chi connectivity index (χ1n) is 9.63. The van der Waals surface area contributed by atoms with E-state index in [1.807, 2.05) is 48.2 Å². The number of methoxy groups -OCH3 is 1. The lowest BCUT2D eigenvalue weighted by Crippen LogP contribution is -2.29. The molecule has 0 radical (unpaired) electrons. The first-order valence-corrected chi connectivity index (χ1v) is 10.4. The van der Waals surface area contributed by atoms with E-state index >= 15 is 0 Å². The van der Waals surface area contributed by atoms with Crippen molar-refractivity contribution in [3.8, 4) is 0 Å². The van der Waals surface area contributed by atoms with Crippen LogP contribution in [0.5, 0.6) is 0 Å². The number of ether oxygens (including phenoxy) is 1. The lowest BCUT2D eigenvalue weighted by atomic mass is 10.0. The molecule has 7 nitrogen and oxygen atoms in total. The maximum atomic E-state index is 11.8. The van der Waals surface area contributed by atoms with Crippen LogP contribution in [0.1, 0.15) is 29.3 Å². The number of amides is 1. The number of anilines is 2. The average molecular weight is 457 g/mol. The van der Waals surface area contributed by atoms with E-state index in [-0.39, 0.29) is 24.6 Å². The van der Waals surface area contributed by atoms with Crippen molar-refractivity contribution < 1.29 is 13.9 Å². The van der Waals surface area contributed by atoms with Gasteiger partial charge in [-0.1, -0.05) is 17.7 Å². The Labute approximate surface area is 190 Å². The molecule has 1 fully saturated rings. The van der Waals surface area contributed by atoms with Gasteiger partial charge in [-0.3, -0.25) is 9.78 Å². The van der Waals surface area contributed by atoms with Gasteiger partial charge in [0.05, 0.1) is 22.4 Å². The Balaban J connectivity index is 1.71. The van der Waals surface area contributed by atoms with Gasteiger partial charge in [0.2, 0.25) is 5.91 Å². The molecule has 1 amide bonds. The van der Waals surface area contributed by atoms with Crippen LogP contribution in [-0.4, -0.2) is 29.7 Å². The van der Waals surface area contributed by atoms with E-state index in [9.17, 15) is 4.79 Å². The number of aromatic nitrogens is 1. The summed E-state index contributed by atoms with van der Waals surface area (Å²) in [6.07, 6.45) is 1.75. The second-order valence-electron chi connectivity index (χ2n) is 7.09. The number of hydrogen-bond acceptors (Lipinski definition) is 5. The minimum atomic E-state index is -0.283. The highest BCUT2D eigenvalue weighted by molar-refractivity contribution is 7.80. The highest BCUT2D eigenvalue weighted by atomic mass is 35.5. The van der Waals surface area contributed by atoms with Gasteiger partial charge in [-0.05, 0) is 61.6 Å². The Kier molecular flexibility index (Phi) is 6.22. The third kappa shape index (κ3) is 4.41. The molecule has 160 valence electrons. The average Bonchev–Trinajstić information content (AvgIpc) is 3.33. The molecule has 0 spiro atoms. The van der Waals surface area contributed by atoms with Crippen LogP contribution >= 0.6 is 23.8 Å². The number of nitrogens with zero attached hydrogens (tertiary/aromatic N) is 2. The first kappa shape index (κ1) is 21.3. The molecule has 0 saturated carbocycles. The van der Waals surface area contributed by atoms with Gasteiger partial charge in [0.1, 0.15) is 24.2 Å². The molecule has 1 aromatic carbocycles. The first-order chi connectivity index (χ1) is 15.0. The normalized spacial score (nSPS) is 18.2. The molecule has 1 aliphatic heterocycles. The van der Waals surface area contributed by atoms with Crippen molar-refractivity contribution >= 4 is 46.2 Å². The van der Waals surface area contributed by atoms with Gasteiger partial charge >= 0.3 is 0 Å². The number of benzene rings is 1. The van der Waals surface area contributed by atoms with Crippen molar-refractivity contribution in [3.05, 3.63) is 77.0 Å². The molecular formula is C22H21ClN4O3S. The van der Waals surface area contributed by atoms with E-state index in [1.54, 1.807) is 18.3 Å². The summed E-state index contributed by atoms with van der Waals surface area (Å²) in [5.74, 6) is 1.28. The number of furan rings is 1. The summed E-state index contributed by atoms with van der Waals surface area (Å²) in [5, 5.41) is 7.01. The molecule has 2 aromatic heterocycles. The van der Waals surface area contributed by atoms with Crippen molar-refractivity contribution in [2.24, 2.45) is 0 Å². The molecule has 0 bridgehead atoms. The van der Waals surface area contributed by atoms with E-state index in [2.05, 4.69) is 15.6 Å². The van der Waals surface area contributed by atoms with Gasteiger partial charge in [0, 0.05) is 19.0 Å². The van der Waals surface area contributed by atoms with Crippen LogP contribution in [0.3, 0.4) is 0 Å². The molecule has 0 unspecified atom stereocenters. The fourth-order valence-corrected chi connectivity index (χ4v) is 4.17. The SMILES string of the molecule is COCC(=O)Nc1ccc(N2C(=S)N[C@H](c3ccccn3)[C@@H]2c2ccc(C)o2)cc1Cl. The Bertz CT molecular complexity index is 1110. The third-order valence-electron chi connectivity index (χ3n) is 4.93. The number of pyridine rings is 1. The molecule has 2 atom stereocenters. The number of rotatable bonds is 6. The van der Waals surface area contributed by atoms with E-state index in [1.165, 1.54) is 7.11 Å². The largest absolute Gasteiger partial charge is 0.464 e. The standard InChI is InChI=1S/C22H21ClN4O3S/c1-13-6-9-18(30-13)21-20(17-5-3-4-10-24-17)26-22(31)27(21)14-7-8-16(15(23)11-14)25-19(28)12-29-2/h3-11,20-21H,12H2,1-2H3,(H,25,28)(H,26,31)/t20-,21+/m1/s1. The van der Waals surface area contributed by atoms with Crippen LogP contribution < -0.4 is 15.5 Å². The highest BCUT2D eigenvalue weighted by Crippen LogP contribution is 2.43. The van der Waals surface area contributed by atoms with E-state index < -0.39 is 0 Å². The predicted octanol–water partition coefficient (Wildman–Crippen LogP) is 4.40. The molecule has 3 aromatic rings. The Hall–Kier alpha value is -2.94. The van der Waals surface area contributed by atoms with Gasteiger partial charge in [-0.25, -0.2) is 0 Å². The molecule has 4 rings (SSSR count). The molecule has 9 heteroatoms. The van der Waals surface area contributed by atoms with Crippen molar-refractivity contribution in [1.29, 1.82) is 0 Å². The quantitative estimate of drug-likeness (QED) is 0.532. The highest BCUT2D eigenvalue weighted by Gasteiger charge is 2.42. The number of halogens is 1. The van der Waals surface area contributed by atoms with Gasteiger partial charge in [0.15, 0.2) is 5.11 Å². The molecule has 1 saturated heterocycles. The van der Waals surface area contributed by atoms with Crippen LogP contribution in [0.4, 0.5) is 11.4 Å². The number of nitrogens with one attached hydrogen (secondary N) is 2. The van der Waals surface area contributed by atoms with Gasteiger partial charge in [-0.2, -0.15) is 0 Å². The topological polar surface area (TPSA) is 79.6 Å². The molecule has 0 aliphatic carbocycles. The lowest BCUT2D eigenvalue weighted by Gasteiger charge is -2.26. The molecule has 2 N–H and O–H groups in total. The zero-order valence-electron chi connectivity index (χ0n) is 17.0. The summed E-state index contributed by atoms with van der Waals surface area (Å²) in [6.45, 7) is 1.85. The van der Waals surface area contributed by atoms with Crippen molar-refractivity contribution in [1.82, 2.24) is 10.3 Å².